The Balaban J connectivity index is 2.60. The molecule has 0 unspecified atom stereocenters. The van der Waals surface area contributed by atoms with Crippen LogP contribution < -0.4 is 5.32 Å². The van der Waals surface area contributed by atoms with Crippen LogP contribution in [0.1, 0.15) is 86.8 Å². The van der Waals surface area contributed by atoms with Gasteiger partial charge in [0.05, 0.1) is 12.1 Å². The number of hydrogen-bond donors (Lipinski definition) is 2. The van der Waals surface area contributed by atoms with Crippen LogP contribution in [0.15, 0.2) is 12.3 Å². The number of hydrogen-bond acceptors (Lipinski definition) is 6. The molecule has 0 saturated carbocycles. The Morgan fingerprint density at radius 2 is 1.76 bits per heavy atom. The molecule has 0 aliphatic carbocycles. The Bertz CT molecular complexity index is 823. The van der Waals surface area contributed by atoms with Crippen LogP contribution in [-0.2, 0) is 19.1 Å². The summed E-state index contributed by atoms with van der Waals surface area (Å²) in [6.45, 7) is 16.3. The van der Waals surface area contributed by atoms with Gasteiger partial charge in [0.25, 0.3) is 0 Å². The fraction of sp³-hybridized carbons (Fsp3) is 0.750. The second-order valence-electron chi connectivity index (χ2n) is 11.2. The Hall–Kier alpha value is -2.58. The van der Waals surface area contributed by atoms with Crippen LogP contribution in [0.25, 0.3) is 0 Å². The van der Waals surface area contributed by atoms with Gasteiger partial charge >= 0.3 is 12.1 Å². The summed E-state index contributed by atoms with van der Waals surface area (Å²) in [7, 11) is 0. The topological polar surface area (TPSA) is 114 Å². The van der Waals surface area contributed by atoms with Crippen molar-refractivity contribution in [3.8, 4) is 0 Å². The van der Waals surface area contributed by atoms with Crippen molar-refractivity contribution < 1.29 is 23.9 Å². The van der Waals surface area contributed by atoms with Gasteiger partial charge in [-0.3, -0.25) is 14.8 Å². The summed E-state index contributed by atoms with van der Waals surface area (Å²) >= 11 is 0. The summed E-state index contributed by atoms with van der Waals surface area (Å²) in [5, 5.41) is 10.1. The minimum atomic E-state index is -0.860. The summed E-state index contributed by atoms with van der Waals surface area (Å²) < 4.78 is 11.4. The molecule has 0 spiro atoms. The Labute approximate surface area is 197 Å². The van der Waals surface area contributed by atoms with E-state index in [9.17, 15) is 14.4 Å². The maximum atomic E-state index is 13.5. The molecule has 0 radical (unpaired) electrons. The number of likely N-dealkylation sites (tertiary alicyclic amines) is 1. The predicted octanol–water partition coefficient (Wildman–Crippen LogP) is 3.76. The van der Waals surface area contributed by atoms with Crippen molar-refractivity contribution in [1.29, 1.82) is 0 Å². The number of rotatable bonds is 6. The molecule has 1 aliphatic rings. The van der Waals surface area contributed by atoms with Crippen molar-refractivity contribution in [2.75, 3.05) is 0 Å². The molecule has 33 heavy (non-hydrogen) atoms. The molecule has 4 atom stereocenters. The summed E-state index contributed by atoms with van der Waals surface area (Å²) in [6, 6.07) is 0.0588. The molecule has 2 rings (SSSR count). The smallest absolute Gasteiger partial charge is 0.411 e. The zero-order valence-corrected chi connectivity index (χ0v) is 21.4. The Morgan fingerprint density at radius 1 is 1.15 bits per heavy atom. The van der Waals surface area contributed by atoms with E-state index in [4.69, 9.17) is 9.47 Å². The van der Waals surface area contributed by atoms with E-state index in [2.05, 4.69) is 29.4 Å². The lowest BCUT2D eigenvalue weighted by Gasteiger charge is -2.38. The maximum Gasteiger partial charge on any atom is 0.411 e. The summed E-state index contributed by atoms with van der Waals surface area (Å²) in [6.07, 6.45) is 1.98. The second-order valence-corrected chi connectivity index (χ2v) is 11.2. The van der Waals surface area contributed by atoms with E-state index in [0.29, 0.717) is 12.8 Å². The standard InChI is InChI=1S/C24H40N4O5/c1-14(2)12-18(26-15(3)29)20-16(17-10-11-25-27-17)13-19(21(30)32-23(4,5)6)28(20)22(31)33-24(7,8)9/h10-11,14,16,18-20H,12-13H2,1-9H3,(H,25,27)(H,26,29)/t16-,18-,19+,20+/m0/s1. The lowest BCUT2D eigenvalue weighted by atomic mass is 9.86. The van der Waals surface area contributed by atoms with Crippen LogP contribution in [0, 0.1) is 5.92 Å². The molecule has 0 bridgehead atoms. The number of carbonyl (C=O) groups is 3. The van der Waals surface area contributed by atoms with Gasteiger partial charge in [-0.05, 0) is 66.4 Å². The fourth-order valence-corrected chi connectivity index (χ4v) is 4.35. The summed E-state index contributed by atoms with van der Waals surface area (Å²) in [5.41, 5.74) is -0.681. The molecule has 1 aromatic rings. The monoisotopic (exact) mass is 464 g/mol. The number of nitrogens with one attached hydrogen (secondary N) is 2. The van der Waals surface area contributed by atoms with Crippen molar-refractivity contribution in [3.05, 3.63) is 18.0 Å². The van der Waals surface area contributed by atoms with Gasteiger partial charge in [0, 0.05) is 24.7 Å². The lowest BCUT2D eigenvalue weighted by Crippen LogP contribution is -2.56. The van der Waals surface area contributed by atoms with Gasteiger partial charge in [-0.2, -0.15) is 5.10 Å². The van der Waals surface area contributed by atoms with Crippen LogP contribution in [0.3, 0.4) is 0 Å². The fourth-order valence-electron chi connectivity index (χ4n) is 4.35. The largest absolute Gasteiger partial charge is 0.458 e. The number of aromatic nitrogens is 2. The third-order valence-electron chi connectivity index (χ3n) is 5.28. The number of esters is 1. The molecule has 2 heterocycles. The molecule has 2 N–H and O–H groups in total. The quantitative estimate of drug-likeness (QED) is 0.620. The van der Waals surface area contributed by atoms with Crippen molar-refractivity contribution in [3.63, 3.8) is 0 Å². The molecule has 0 aromatic carbocycles. The minimum absolute atomic E-state index is 0.200. The first-order valence-electron chi connectivity index (χ1n) is 11.6. The highest BCUT2D eigenvalue weighted by Crippen LogP contribution is 2.41. The predicted molar refractivity (Wildman–Crippen MR) is 124 cm³/mol. The third kappa shape index (κ3) is 7.47. The van der Waals surface area contributed by atoms with Gasteiger partial charge in [-0.1, -0.05) is 13.8 Å². The van der Waals surface area contributed by atoms with Crippen LogP contribution in [0.2, 0.25) is 0 Å². The number of carbonyl (C=O) groups excluding carboxylic acids is 3. The first kappa shape index (κ1) is 26.7. The first-order chi connectivity index (χ1) is 15.1. The van der Waals surface area contributed by atoms with Crippen molar-refractivity contribution in [2.24, 2.45) is 5.92 Å². The lowest BCUT2D eigenvalue weighted by molar-refractivity contribution is -0.160. The van der Waals surface area contributed by atoms with Gasteiger partial charge in [-0.25, -0.2) is 9.59 Å². The number of ether oxygens (including phenoxy) is 2. The number of amides is 2. The molecule has 1 aromatic heterocycles. The van der Waals surface area contributed by atoms with Crippen LogP contribution in [-0.4, -0.2) is 62.4 Å². The van der Waals surface area contributed by atoms with E-state index in [0.717, 1.165) is 5.69 Å². The molecular formula is C24H40N4O5. The zero-order chi connectivity index (χ0) is 25.1. The third-order valence-corrected chi connectivity index (χ3v) is 5.28. The van der Waals surface area contributed by atoms with Crippen LogP contribution in [0.4, 0.5) is 4.79 Å². The second kappa shape index (κ2) is 10.1. The average molecular weight is 465 g/mol. The first-order valence-corrected chi connectivity index (χ1v) is 11.6. The number of nitrogens with zero attached hydrogens (tertiary/aromatic N) is 2. The maximum absolute atomic E-state index is 13.5. The number of aromatic amines is 1. The molecule has 1 fully saturated rings. The summed E-state index contributed by atoms with van der Waals surface area (Å²) in [4.78, 5) is 40.4. The van der Waals surface area contributed by atoms with E-state index in [1.54, 1.807) is 47.7 Å². The normalized spacial score (nSPS) is 22.2. The highest BCUT2D eigenvalue weighted by Gasteiger charge is 2.53. The SMILES string of the molecule is CC(=O)N[C@@H](CC(C)C)[C@H]1[C@H](c2ccn[nH]2)C[C@H](C(=O)OC(C)(C)C)N1C(=O)OC(C)(C)C. The highest BCUT2D eigenvalue weighted by molar-refractivity contribution is 5.83. The van der Waals surface area contributed by atoms with Crippen LogP contribution in [0.5, 0.6) is 0 Å². The molecule has 1 aliphatic heterocycles. The van der Waals surface area contributed by atoms with Crippen molar-refractivity contribution in [2.45, 2.75) is 110 Å². The van der Waals surface area contributed by atoms with Gasteiger partial charge in [-0.15, -0.1) is 0 Å². The van der Waals surface area contributed by atoms with Gasteiger partial charge < -0.3 is 14.8 Å². The van der Waals surface area contributed by atoms with E-state index in [1.807, 2.05) is 6.07 Å². The minimum Gasteiger partial charge on any atom is -0.458 e. The Kier molecular flexibility index (Phi) is 8.19. The molecular weight excluding hydrogens is 424 g/mol. The number of H-pyrrole nitrogens is 1. The van der Waals surface area contributed by atoms with Crippen molar-refractivity contribution >= 4 is 18.0 Å². The summed E-state index contributed by atoms with van der Waals surface area (Å²) in [5.74, 6) is -0.723. The van der Waals surface area contributed by atoms with E-state index in [1.165, 1.54) is 11.8 Å². The van der Waals surface area contributed by atoms with Gasteiger partial charge in [0.2, 0.25) is 5.91 Å². The van der Waals surface area contributed by atoms with E-state index < -0.39 is 41.4 Å². The average Bonchev–Trinajstić information content (AvgIpc) is 3.24. The Morgan fingerprint density at radius 3 is 2.21 bits per heavy atom. The van der Waals surface area contributed by atoms with Crippen molar-refractivity contribution in [1.82, 2.24) is 20.4 Å². The molecule has 9 nitrogen and oxygen atoms in total. The van der Waals surface area contributed by atoms with Gasteiger partial charge in [0.1, 0.15) is 17.2 Å². The van der Waals surface area contributed by atoms with Crippen LogP contribution >= 0.6 is 0 Å². The molecule has 2 amide bonds. The molecule has 9 heteroatoms. The zero-order valence-electron chi connectivity index (χ0n) is 21.4. The highest BCUT2D eigenvalue weighted by atomic mass is 16.6. The molecule has 1 saturated heterocycles. The van der Waals surface area contributed by atoms with E-state index >= 15 is 0 Å². The van der Waals surface area contributed by atoms with Gasteiger partial charge in [0.15, 0.2) is 0 Å². The van der Waals surface area contributed by atoms with E-state index in [-0.39, 0.29) is 17.7 Å². The molecule has 186 valence electrons.